The summed E-state index contributed by atoms with van der Waals surface area (Å²) in [5.74, 6) is -0.755. The van der Waals surface area contributed by atoms with Gasteiger partial charge in [-0.25, -0.2) is 4.39 Å². The fourth-order valence-corrected chi connectivity index (χ4v) is 4.78. The van der Waals surface area contributed by atoms with Crippen LogP contribution in [0.3, 0.4) is 0 Å². The molecule has 4 rings (SSSR count). The van der Waals surface area contributed by atoms with Gasteiger partial charge < -0.3 is 29.7 Å². The molecule has 0 bridgehead atoms. The number of hydrogen-bond donors (Lipinski definition) is 3. The summed E-state index contributed by atoms with van der Waals surface area (Å²) in [7, 11) is 0. The molecular weight excluding hydrogens is 477 g/mol. The lowest BCUT2D eigenvalue weighted by Crippen LogP contribution is -2.61. The Kier molecular flexibility index (Phi) is 8.75. The van der Waals surface area contributed by atoms with Gasteiger partial charge in [0.1, 0.15) is 11.9 Å². The van der Waals surface area contributed by atoms with Crippen molar-refractivity contribution in [2.24, 2.45) is 0 Å². The van der Waals surface area contributed by atoms with Gasteiger partial charge in [-0.15, -0.1) is 0 Å². The number of halogens is 2. The normalized spacial score (nSPS) is 28.7. The molecule has 1 heterocycles. The Balaban J connectivity index is 1.50. The molecule has 35 heavy (non-hydrogen) atoms. The van der Waals surface area contributed by atoms with Gasteiger partial charge >= 0.3 is 0 Å². The van der Waals surface area contributed by atoms with Crippen molar-refractivity contribution >= 4 is 17.5 Å². The molecule has 1 saturated carbocycles. The molecule has 2 aromatic rings. The zero-order valence-corrected chi connectivity index (χ0v) is 20.1. The molecule has 0 radical (unpaired) electrons. The number of benzene rings is 2. The highest BCUT2D eigenvalue weighted by molar-refractivity contribution is 6.30. The van der Waals surface area contributed by atoms with Crippen LogP contribution < -0.4 is 5.32 Å². The number of aliphatic hydroxyl groups excluding tert-OH is 2. The number of aliphatic hydroxyl groups is 2. The van der Waals surface area contributed by atoms with Crippen LogP contribution in [-0.2, 0) is 32.2 Å². The van der Waals surface area contributed by atoms with Crippen molar-refractivity contribution in [3.05, 3.63) is 70.5 Å². The smallest absolute Gasteiger partial charge is 0.252 e. The molecule has 190 valence electrons. The highest BCUT2D eigenvalue weighted by Gasteiger charge is 2.51. The first-order valence-corrected chi connectivity index (χ1v) is 12.2. The topological polar surface area (TPSA) is 97.3 Å². The standard InChI is InChI=1S/C26H31ClFNO6/c27-19-4-1-3-18(11-19)16-35-26(25(32)29-14-21-5-2-10-33-21)12-22(30)24(31)23(13-26)34-15-17-6-8-20(28)9-7-17/h1,3-4,6-9,11,21-24,30-31H,2,5,10,12-16H2,(H,29,32)/t21?,22-,23?,24-,26+/m1/s1. The minimum atomic E-state index is -1.44. The third kappa shape index (κ3) is 6.78. The minimum absolute atomic E-state index is 0.0321. The first-order valence-electron chi connectivity index (χ1n) is 11.9. The Morgan fingerprint density at radius 2 is 1.94 bits per heavy atom. The Hall–Kier alpha value is -2.07. The second-order valence-electron chi connectivity index (χ2n) is 9.20. The lowest BCUT2D eigenvalue weighted by molar-refractivity contribution is -0.200. The summed E-state index contributed by atoms with van der Waals surface area (Å²) in [4.78, 5) is 13.5. The van der Waals surface area contributed by atoms with Crippen LogP contribution in [0.5, 0.6) is 0 Å². The molecule has 1 aliphatic carbocycles. The van der Waals surface area contributed by atoms with Crippen LogP contribution in [0, 0.1) is 5.82 Å². The first-order chi connectivity index (χ1) is 16.8. The van der Waals surface area contributed by atoms with E-state index in [0.717, 1.165) is 18.4 Å². The van der Waals surface area contributed by atoms with Gasteiger partial charge in [-0.2, -0.15) is 0 Å². The molecule has 2 aromatic carbocycles. The zero-order valence-electron chi connectivity index (χ0n) is 19.4. The predicted octanol–water partition coefficient (Wildman–Crippen LogP) is 3.13. The highest BCUT2D eigenvalue weighted by Crippen LogP contribution is 2.36. The van der Waals surface area contributed by atoms with Crippen molar-refractivity contribution in [3.63, 3.8) is 0 Å². The van der Waals surface area contributed by atoms with Crippen molar-refractivity contribution in [2.75, 3.05) is 13.2 Å². The van der Waals surface area contributed by atoms with Gasteiger partial charge in [-0.1, -0.05) is 35.9 Å². The number of ether oxygens (including phenoxy) is 3. The average molecular weight is 508 g/mol. The SMILES string of the molecule is O=C(NCC1CCCO1)[C@@]1(OCc2cccc(Cl)c2)CC(OCc2ccc(F)cc2)[C@H](O)[C@H](O)C1. The Bertz CT molecular complexity index is 986. The number of rotatable bonds is 9. The van der Waals surface area contributed by atoms with E-state index < -0.39 is 29.8 Å². The van der Waals surface area contributed by atoms with Crippen molar-refractivity contribution in [1.82, 2.24) is 5.32 Å². The van der Waals surface area contributed by atoms with E-state index in [9.17, 15) is 19.4 Å². The van der Waals surface area contributed by atoms with E-state index in [4.69, 9.17) is 25.8 Å². The van der Waals surface area contributed by atoms with Crippen LogP contribution >= 0.6 is 11.6 Å². The van der Waals surface area contributed by atoms with E-state index >= 15 is 0 Å². The average Bonchev–Trinajstić information content (AvgIpc) is 3.37. The molecule has 2 fully saturated rings. The maximum absolute atomic E-state index is 13.5. The van der Waals surface area contributed by atoms with Crippen LogP contribution in [0.2, 0.25) is 5.02 Å². The summed E-state index contributed by atoms with van der Waals surface area (Å²) in [5.41, 5.74) is 0.0349. The van der Waals surface area contributed by atoms with Crippen molar-refractivity contribution < 1.29 is 33.6 Å². The van der Waals surface area contributed by atoms with Crippen LogP contribution in [0.25, 0.3) is 0 Å². The molecule has 5 atom stereocenters. The minimum Gasteiger partial charge on any atom is -0.390 e. The molecular formula is C26H31ClFNO6. The summed E-state index contributed by atoms with van der Waals surface area (Å²) in [6, 6.07) is 12.9. The Morgan fingerprint density at radius 3 is 2.66 bits per heavy atom. The predicted molar refractivity (Wildman–Crippen MR) is 127 cm³/mol. The Morgan fingerprint density at radius 1 is 1.14 bits per heavy atom. The number of hydrogen-bond acceptors (Lipinski definition) is 6. The van der Waals surface area contributed by atoms with Crippen molar-refractivity contribution in [3.8, 4) is 0 Å². The highest BCUT2D eigenvalue weighted by atomic mass is 35.5. The summed E-state index contributed by atoms with van der Waals surface area (Å²) in [6.07, 6.45) is -1.64. The molecule has 1 saturated heterocycles. The first kappa shape index (κ1) is 26.0. The molecule has 0 aromatic heterocycles. The molecule has 1 amide bonds. The largest absolute Gasteiger partial charge is 0.390 e. The second-order valence-corrected chi connectivity index (χ2v) is 9.64. The maximum Gasteiger partial charge on any atom is 0.252 e. The third-order valence-electron chi connectivity index (χ3n) is 6.55. The lowest BCUT2D eigenvalue weighted by atomic mass is 9.78. The fraction of sp³-hybridized carbons (Fsp3) is 0.500. The van der Waals surface area contributed by atoms with Gasteiger partial charge in [-0.3, -0.25) is 4.79 Å². The molecule has 9 heteroatoms. The van der Waals surface area contributed by atoms with E-state index in [0.29, 0.717) is 23.7 Å². The van der Waals surface area contributed by atoms with Crippen molar-refractivity contribution in [1.29, 1.82) is 0 Å². The van der Waals surface area contributed by atoms with Gasteiger partial charge in [0.15, 0.2) is 5.60 Å². The lowest BCUT2D eigenvalue weighted by Gasteiger charge is -2.44. The van der Waals surface area contributed by atoms with E-state index in [1.54, 1.807) is 30.3 Å². The zero-order chi connectivity index (χ0) is 24.8. The van der Waals surface area contributed by atoms with Crippen molar-refractivity contribution in [2.45, 2.75) is 68.9 Å². The molecule has 3 N–H and O–H groups in total. The van der Waals surface area contributed by atoms with Crippen LogP contribution in [0.1, 0.15) is 36.8 Å². The molecule has 2 aliphatic rings. The summed E-state index contributed by atoms with van der Waals surface area (Å²) in [5, 5.41) is 24.8. The number of amides is 1. The quantitative estimate of drug-likeness (QED) is 0.482. The van der Waals surface area contributed by atoms with E-state index in [-0.39, 0.29) is 38.0 Å². The van der Waals surface area contributed by atoms with Crippen LogP contribution in [0.15, 0.2) is 48.5 Å². The number of carbonyl (C=O) groups is 1. The third-order valence-corrected chi connectivity index (χ3v) is 6.79. The van der Waals surface area contributed by atoms with Crippen LogP contribution in [0.4, 0.5) is 4.39 Å². The van der Waals surface area contributed by atoms with E-state index in [1.807, 2.05) is 6.07 Å². The Labute approximate surface area is 209 Å². The van der Waals surface area contributed by atoms with E-state index in [2.05, 4.69) is 5.32 Å². The molecule has 2 unspecified atom stereocenters. The van der Waals surface area contributed by atoms with Gasteiger partial charge in [0.25, 0.3) is 5.91 Å². The summed E-state index contributed by atoms with van der Waals surface area (Å²) < 4.78 is 30.9. The van der Waals surface area contributed by atoms with Gasteiger partial charge in [0.05, 0.1) is 31.5 Å². The van der Waals surface area contributed by atoms with Gasteiger partial charge in [0.2, 0.25) is 0 Å². The molecule has 0 spiro atoms. The van der Waals surface area contributed by atoms with Gasteiger partial charge in [-0.05, 0) is 48.2 Å². The molecule has 1 aliphatic heterocycles. The molecule has 7 nitrogen and oxygen atoms in total. The van der Waals surface area contributed by atoms with E-state index in [1.165, 1.54) is 12.1 Å². The summed E-state index contributed by atoms with van der Waals surface area (Å²) >= 11 is 6.10. The van der Waals surface area contributed by atoms with Crippen LogP contribution in [-0.4, -0.2) is 59.3 Å². The fourth-order valence-electron chi connectivity index (χ4n) is 4.57. The number of carbonyl (C=O) groups excluding carboxylic acids is 1. The maximum atomic E-state index is 13.5. The van der Waals surface area contributed by atoms with Gasteiger partial charge in [0, 0.05) is 31.0 Å². The monoisotopic (exact) mass is 507 g/mol. The summed E-state index contributed by atoms with van der Waals surface area (Å²) in [6.45, 7) is 1.17. The number of nitrogens with one attached hydrogen (secondary N) is 1. The second kappa shape index (κ2) is 11.8.